The summed E-state index contributed by atoms with van der Waals surface area (Å²) in [6.45, 7) is 0.739. The Morgan fingerprint density at radius 3 is 2.81 bits per heavy atom. The Labute approximate surface area is 95.0 Å². The molecule has 2 atom stereocenters. The zero-order valence-electron chi connectivity index (χ0n) is 9.27. The second-order valence-corrected chi connectivity index (χ2v) is 3.91. The van der Waals surface area contributed by atoms with E-state index in [1.165, 1.54) is 0 Å². The Kier molecular flexibility index (Phi) is 3.54. The summed E-state index contributed by atoms with van der Waals surface area (Å²) < 4.78 is 5.20. The molecule has 86 valence electrons. The molecule has 0 bridgehead atoms. The number of amides is 1. The molecule has 16 heavy (non-hydrogen) atoms. The molecule has 4 heteroatoms. The van der Waals surface area contributed by atoms with Crippen LogP contribution in [-0.4, -0.2) is 31.7 Å². The van der Waals surface area contributed by atoms with Crippen LogP contribution in [0.5, 0.6) is 0 Å². The molecule has 1 aromatic rings. The number of carbonyl (C=O) groups excluding carboxylic acids is 1. The van der Waals surface area contributed by atoms with Crippen LogP contribution in [0.4, 0.5) is 5.69 Å². The maximum Gasteiger partial charge on any atom is 0.241 e. The van der Waals surface area contributed by atoms with Crippen LogP contribution in [-0.2, 0) is 9.53 Å². The van der Waals surface area contributed by atoms with Gasteiger partial charge in [0.25, 0.3) is 0 Å². The van der Waals surface area contributed by atoms with Crippen molar-refractivity contribution in [3.05, 3.63) is 30.3 Å². The van der Waals surface area contributed by atoms with E-state index in [2.05, 4.69) is 10.6 Å². The first-order valence-corrected chi connectivity index (χ1v) is 5.41. The van der Waals surface area contributed by atoms with E-state index in [1.54, 1.807) is 7.11 Å². The average molecular weight is 220 g/mol. The Bertz CT molecular complexity index is 353. The fourth-order valence-corrected chi connectivity index (χ4v) is 1.83. The van der Waals surface area contributed by atoms with Crippen LogP contribution >= 0.6 is 0 Å². The predicted octanol–water partition coefficient (Wildman–Crippen LogP) is 1.00. The molecule has 0 aliphatic carbocycles. The van der Waals surface area contributed by atoms with Crippen LogP contribution in [0.25, 0.3) is 0 Å². The SMILES string of the molecule is COC1CNC(C(=O)Nc2ccccc2)C1. The molecule has 1 fully saturated rings. The normalized spacial score (nSPS) is 24.3. The number of anilines is 1. The summed E-state index contributed by atoms with van der Waals surface area (Å²) in [5, 5.41) is 6.01. The number of rotatable bonds is 3. The Morgan fingerprint density at radius 2 is 2.19 bits per heavy atom. The fraction of sp³-hybridized carbons (Fsp3) is 0.417. The second kappa shape index (κ2) is 5.09. The monoisotopic (exact) mass is 220 g/mol. The Balaban J connectivity index is 1.90. The largest absolute Gasteiger partial charge is 0.380 e. The molecular weight excluding hydrogens is 204 g/mol. The average Bonchev–Trinajstić information content (AvgIpc) is 2.79. The van der Waals surface area contributed by atoms with E-state index in [4.69, 9.17) is 4.74 Å². The summed E-state index contributed by atoms with van der Waals surface area (Å²) in [7, 11) is 1.67. The molecule has 4 nitrogen and oxygen atoms in total. The van der Waals surface area contributed by atoms with Crippen molar-refractivity contribution in [1.29, 1.82) is 0 Å². The molecule has 2 unspecified atom stereocenters. The van der Waals surface area contributed by atoms with Crippen LogP contribution in [0.15, 0.2) is 30.3 Å². The van der Waals surface area contributed by atoms with Gasteiger partial charge < -0.3 is 15.4 Å². The van der Waals surface area contributed by atoms with E-state index < -0.39 is 0 Å². The number of para-hydroxylation sites is 1. The standard InChI is InChI=1S/C12H16N2O2/c1-16-10-7-11(13-8-10)12(15)14-9-5-3-2-4-6-9/h2-6,10-11,13H,7-8H2,1H3,(H,14,15). The van der Waals surface area contributed by atoms with Crippen LogP contribution in [0.2, 0.25) is 0 Å². The number of methoxy groups -OCH3 is 1. The first-order valence-electron chi connectivity index (χ1n) is 5.41. The Morgan fingerprint density at radius 1 is 1.44 bits per heavy atom. The number of hydrogen-bond acceptors (Lipinski definition) is 3. The molecule has 0 saturated carbocycles. The molecule has 1 heterocycles. The molecule has 0 spiro atoms. The van der Waals surface area contributed by atoms with Gasteiger partial charge in [0.05, 0.1) is 12.1 Å². The van der Waals surface area contributed by atoms with Crippen molar-refractivity contribution in [3.8, 4) is 0 Å². The first kappa shape index (κ1) is 11.1. The van der Waals surface area contributed by atoms with E-state index in [0.717, 1.165) is 18.7 Å². The van der Waals surface area contributed by atoms with Crippen molar-refractivity contribution in [3.63, 3.8) is 0 Å². The number of ether oxygens (including phenoxy) is 1. The Hall–Kier alpha value is -1.39. The lowest BCUT2D eigenvalue weighted by Gasteiger charge is -2.11. The second-order valence-electron chi connectivity index (χ2n) is 3.91. The molecule has 0 aromatic heterocycles. The number of carbonyl (C=O) groups is 1. The lowest BCUT2D eigenvalue weighted by molar-refractivity contribution is -0.118. The predicted molar refractivity (Wildman–Crippen MR) is 62.3 cm³/mol. The minimum Gasteiger partial charge on any atom is -0.380 e. The van der Waals surface area contributed by atoms with Gasteiger partial charge in [-0.05, 0) is 18.6 Å². The summed E-state index contributed by atoms with van der Waals surface area (Å²) in [5.74, 6) is 0.00532. The first-order chi connectivity index (χ1) is 7.79. The maximum absolute atomic E-state index is 11.8. The lowest BCUT2D eigenvalue weighted by Crippen LogP contribution is -2.35. The van der Waals surface area contributed by atoms with E-state index in [-0.39, 0.29) is 18.1 Å². The highest BCUT2D eigenvalue weighted by Gasteiger charge is 2.29. The molecule has 1 aliphatic rings. The van der Waals surface area contributed by atoms with Crippen molar-refractivity contribution in [2.75, 3.05) is 19.0 Å². The number of hydrogen-bond donors (Lipinski definition) is 2. The van der Waals surface area contributed by atoms with Crippen LogP contribution < -0.4 is 10.6 Å². The van der Waals surface area contributed by atoms with Gasteiger partial charge in [-0.15, -0.1) is 0 Å². The zero-order chi connectivity index (χ0) is 11.4. The van der Waals surface area contributed by atoms with E-state index in [1.807, 2.05) is 30.3 Å². The van der Waals surface area contributed by atoms with Crippen LogP contribution in [0.1, 0.15) is 6.42 Å². The zero-order valence-corrected chi connectivity index (χ0v) is 9.27. The summed E-state index contributed by atoms with van der Waals surface area (Å²) in [5.41, 5.74) is 0.829. The minimum atomic E-state index is -0.148. The molecule has 1 aromatic carbocycles. The van der Waals surface area contributed by atoms with Gasteiger partial charge in [-0.2, -0.15) is 0 Å². The summed E-state index contributed by atoms with van der Waals surface area (Å²) in [6, 6.07) is 9.32. The van der Waals surface area contributed by atoms with Gasteiger partial charge in [0.1, 0.15) is 0 Å². The van der Waals surface area contributed by atoms with E-state index in [9.17, 15) is 4.79 Å². The maximum atomic E-state index is 11.8. The minimum absolute atomic E-state index is 0.00532. The summed E-state index contributed by atoms with van der Waals surface area (Å²) in [6.07, 6.45) is 0.876. The highest BCUT2D eigenvalue weighted by atomic mass is 16.5. The lowest BCUT2D eigenvalue weighted by atomic mass is 10.2. The van der Waals surface area contributed by atoms with Gasteiger partial charge in [-0.3, -0.25) is 4.79 Å². The quantitative estimate of drug-likeness (QED) is 0.799. The van der Waals surface area contributed by atoms with Gasteiger partial charge in [0, 0.05) is 19.3 Å². The molecule has 1 amide bonds. The molecular formula is C12H16N2O2. The van der Waals surface area contributed by atoms with E-state index in [0.29, 0.717) is 0 Å². The fourth-order valence-electron chi connectivity index (χ4n) is 1.83. The summed E-state index contributed by atoms with van der Waals surface area (Å²) in [4.78, 5) is 11.8. The number of nitrogens with one attached hydrogen (secondary N) is 2. The van der Waals surface area contributed by atoms with Gasteiger partial charge >= 0.3 is 0 Å². The van der Waals surface area contributed by atoms with Crippen molar-refractivity contribution in [2.45, 2.75) is 18.6 Å². The van der Waals surface area contributed by atoms with Crippen LogP contribution in [0.3, 0.4) is 0 Å². The third-order valence-electron chi connectivity index (χ3n) is 2.78. The highest BCUT2D eigenvalue weighted by molar-refractivity contribution is 5.95. The van der Waals surface area contributed by atoms with Gasteiger partial charge in [-0.25, -0.2) is 0 Å². The highest BCUT2D eigenvalue weighted by Crippen LogP contribution is 2.12. The molecule has 2 rings (SSSR count). The van der Waals surface area contributed by atoms with Gasteiger partial charge in [-0.1, -0.05) is 18.2 Å². The topological polar surface area (TPSA) is 50.4 Å². The molecule has 0 radical (unpaired) electrons. The summed E-state index contributed by atoms with van der Waals surface area (Å²) >= 11 is 0. The van der Waals surface area contributed by atoms with Crippen molar-refractivity contribution in [2.24, 2.45) is 0 Å². The molecule has 1 saturated heterocycles. The smallest absolute Gasteiger partial charge is 0.241 e. The number of benzene rings is 1. The van der Waals surface area contributed by atoms with Gasteiger partial charge in [0.2, 0.25) is 5.91 Å². The molecule has 1 aliphatic heterocycles. The van der Waals surface area contributed by atoms with Crippen molar-refractivity contribution >= 4 is 11.6 Å². The third kappa shape index (κ3) is 2.59. The third-order valence-corrected chi connectivity index (χ3v) is 2.78. The van der Waals surface area contributed by atoms with Gasteiger partial charge in [0.15, 0.2) is 0 Å². The van der Waals surface area contributed by atoms with Crippen molar-refractivity contribution < 1.29 is 9.53 Å². The molecule has 2 N–H and O–H groups in total. The van der Waals surface area contributed by atoms with Crippen molar-refractivity contribution in [1.82, 2.24) is 5.32 Å². The van der Waals surface area contributed by atoms with E-state index >= 15 is 0 Å². The van der Waals surface area contributed by atoms with Crippen LogP contribution in [0, 0.1) is 0 Å².